The number of rotatable bonds is 6. The van der Waals surface area contributed by atoms with Crippen molar-refractivity contribution in [3.05, 3.63) is 52.3 Å². The van der Waals surface area contributed by atoms with Gasteiger partial charge in [-0.05, 0) is 35.8 Å². The van der Waals surface area contributed by atoms with Crippen LogP contribution in [0.15, 0.2) is 36.4 Å². The Kier molecular flexibility index (Phi) is 6.14. The van der Waals surface area contributed by atoms with Crippen molar-refractivity contribution >= 4 is 24.3 Å². The number of carbonyl (C=O) groups is 1. The fourth-order valence-electron chi connectivity index (χ4n) is 4.23. The second kappa shape index (κ2) is 8.85. The maximum atomic E-state index is 12.2. The van der Waals surface area contributed by atoms with Crippen LogP contribution in [0.5, 0.6) is 11.5 Å². The van der Waals surface area contributed by atoms with Gasteiger partial charge in [0.1, 0.15) is 30.3 Å². The van der Waals surface area contributed by atoms with E-state index in [0.717, 1.165) is 17.7 Å². The minimum Gasteiger partial charge on any atom is -0.508 e. The third kappa shape index (κ3) is 3.94. The molecule has 168 valence electrons. The number of aromatic nitrogens is 3. The van der Waals surface area contributed by atoms with Gasteiger partial charge in [0.05, 0.1) is 25.3 Å². The van der Waals surface area contributed by atoms with E-state index in [1.807, 2.05) is 38.1 Å². The number of phenols is 2. The van der Waals surface area contributed by atoms with E-state index in [4.69, 9.17) is 17.0 Å². The Balaban J connectivity index is 1.80. The van der Waals surface area contributed by atoms with Gasteiger partial charge < -0.3 is 14.9 Å². The molecule has 32 heavy (non-hydrogen) atoms. The number of ether oxygens (including phenoxy) is 1. The van der Waals surface area contributed by atoms with Crippen LogP contribution in [0, 0.1) is 4.77 Å². The third-order valence-corrected chi connectivity index (χ3v) is 6.35. The molecule has 3 aromatic rings. The Morgan fingerprint density at radius 2 is 1.94 bits per heavy atom. The van der Waals surface area contributed by atoms with Crippen molar-refractivity contribution in [1.82, 2.24) is 19.2 Å². The number of benzene rings is 2. The topological polar surface area (TPSA) is 100 Å². The molecule has 0 radical (unpaired) electrons. The number of H-pyrrole nitrogens is 1. The highest BCUT2D eigenvalue weighted by Gasteiger charge is 2.35. The predicted molar refractivity (Wildman–Crippen MR) is 124 cm³/mol. The van der Waals surface area contributed by atoms with Crippen LogP contribution in [0.1, 0.15) is 30.9 Å². The van der Waals surface area contributed by atoms with Crippen LogP contribution in [0.25, 0.3) is 11.4 Å². The molecule has 4 rings (SSSR count). The van der Waals surface area contributed by atoms with Crippen molar-refractivity contribution < 1.29 is 19.7 Å². The van der Waals surface area contributed by atoms with Crippen molar-refractivity contribution in [2.24, 2.45) is 0 Å². The number of para-hydroxylation sites is 1. The SMILES string of the molecule is CC(C)c1cc(-c2n[nH]c(=S)n2Cc2ccccc2[N+]2(C=O)CCOCC2)c(O)cc1O. The van der Waals surface area contributed by atoms with Gasteiger partial charge in [0.15, 0.2) is 10.6 Å². The lowest BCUT2D eigenvalue weighted by molar-refractivity contribution is -0.121. The fourth-order valence-corrected chi connectivity index (χ4v) is 4.42. The molecule has 9 heteroatoms. The second-order valence-corrected chi connectivity index (χ2v) is 8.74. The largest absolute Gasteiger partial charge is 0.508 e. The third-order valence-electron chi connectivity index (χ3n) is 6.04. The Labute approximate surface area is 191 Å². The molecule has 3 N–H and O–H groups in total. The lowest BCUT2D eigenvalue weighted by atomic mass is 9.98. The van der Waals surface area contributed by atoms with Crippen LogP contribution in [0.4, 0.5) is 5.69 Å². The Morgan fingerprint density at radius 3 is 2.62 bits per heavy atom. The van der Waals surface area contributed by atoms with Crippen molar-refractivity contribution in [3.8, 4) is 22.9 Å². The van der Waals surface area contributed by atoms with E-state index in [-0.39, 0.29) is 21.9 Å². The Hall–Kier alpha value is -3.01. The second-order valence-electron chi connectivity index (χ2n) is 8.35. The summed E-state index contributed by atoms with van der Waals surface area (Å²) >= 11 is 5.50. The fraction of sp³-hybridized carbons (Fsp3) is 0.348. The molecule has 2 aromatic carbocycles. The first kappa shape index (κ1) is 22.2. The minimum absolute atomic E-state index is 0.0389. The van der Waals surface area contributed by atoms with Gasteiger partial charge in [0.2, 0.25) is 0 Å². The molecule has 1 aliphatic rings. The summed E-state index contributed by atoms with van der Waals surface area (Å²) in [5.74, 6) is 0.476. The predicted octanol–water partition coefficient (Wildman–Crippen LogP) is 3.68. The average molecular weight is 456 g/mol. The van der Waals surface area contributed by atoms with E-state index in [0.29, 0.717) is 54.6 Å². The highest BCUT2D eigenvalue weighted by Crippen LogP contribution is 2.38. The molecule has 1 saturated heterocycles. The first-order valence-corrected chi connectivity index (χ1v) is 11.0. The molecule has 0 spiro atoms. The average Bonchev–Trinajstić information content (AvgIpc) is 3.14. The van der Waals surface area contributed by atoms with Crippen molar-refractivity contribution in [2.45, 2.75) is 26.3 Å². The normalized spacial score (nSPS) is 15.7. The van der Waals surface area contributed by atoms with Crippen LogP contribution < -0.4 is 4.48 Å². The van der Waals surface area contributed by atoms with Gasteiger partial charge in [0, 0.05) is 11.6 Å². The van der Waals surface area contributed by atoms with E-state index < -0.39 is 0 Å². The molecular weight excluding hydrogens is 428 g/mol. The van der Waals surface area contributed by atoms with Crippen LogP contribution in [0.2, 0.25) is 0 Å². The molecule has 0 bridgehead atoms. The standard InChI is InChI=1S/C23H26N4O4S/c1-15(2)17-11-18(21(30)12-20(17)29)22-24-25-23(32)26(22)13-16-5-3-4-6-19(16)27(14-28)7-9-31-10-8-27/h3-6,11-12,14-15H,7-10,13H2,1-2H3,(H2-,24,25,29,30,32)/p+1. The van der Waals surface area contributed by atoms with Crippen molar-refractivity contribution in [1.29, 1.82) is 0 Å². The first-order chi connectivity index (χ1) is 15.4. The number of aromatic amines is 1. The monoisotopic (exact) mass is 455 g/mol. The smallest absolute Gasteiger partial charge is 0.306 e. The van der Waals surface area contributed by atoms with Gasteiger partial charge in [-0.15, -0.1) is 0 Å². The summed E-state index contributed by atoms with van der Waals surface area (Å²) < 4.78 is 7.87. The van der Waals surface area contributed by atoms with Crippen molar-refractivity contribution in [3.63, 3.8) is 0 Å². The van der Waals surface area contributed by atoms with E-state index in [1.54, 1.807) is 10.6 Å². The summed E-state index contributed by atoms with van der Waals surface area (Å²) in [4.78, 5) is 12.2. The summed E-state index contributed by atoms with van der Waals surface area (Å²) in [6.45, 7) is 6.47. The number of carbonyl (C=O) groups excluding carboxylic acids is 1. The van der Waals surface area contributed by atoms with Gasteiger partial charge in [0.25, 0.3) is 0 Å². The van der Waals surface area contributed by atoms with Crippen LogP contribution in [0.3, 0.4) is 0 Å². The van der Waals surface area contributed by atoms with E-state index >= 15 is 0 Å². The molecular formula is C23H27N4O4S+. The van der Waals surface area contributed by atoms with Crippen LogP contribution in [-0.2, 0) is 16.1 Å². The van der Waals surface area contributed by atoms with E-state index in [9.17, 15) is 15.0 Å². The number of nitrogens with zero attached hydrogens (tertiary/aromatic N) is 3. The summed E-state index contributed by atoms with van der Waals surface area (Å²) in [5, 5.41) is 28.0. The molecule has 0 unspecified atom stereocenters. The maximum Gasteiger partial charge on any atom is 0.306 e. The number of quaternary nitrogens is 1. The van der Waals surface area contributed by atoms with Crippen molar-refractivity contribution in [2.75, 3.05) is 26.3 Å². The number of hydrogen-bond acceptors (Lipinski definition) is 6. The molecule has 1 aromatic heterocycles. The Bertz CT molecular complexity index is 1190. The number of hydrogen-bond donors (Lipinski definition) is 3. The Morgan fingerprint density at radius 1 is 1.22 bits per heavy atom. The number of phenolic OH excluding ortho intramolecular Hbond substituents is 2. The molecule has 0 atom stereocenters. The quantitative estimate of drug-likeness (QED) is 0.298. The molecule has 0 saturated carbocycles. The van der Waals surface area contributed by atoms with Crippen LogP contribution in [-0.4, -0.2) is 57.7 Å². The summed E-state index contributed by atoms with van der Waals surface area (Å²) in [5.41, 5.74) is 3.01. The van der Waals surface area contributed by atoms with Gasteiger partial charge in [-0.25, -0.2) is 9.28 Å². The molecule has 1 aliphatic heterocycles. The number of nitrogens with one attached hydrogen (secondary N) is 1. The zero-order valence-corrected chi connectivity index (χ0v) is 18.9. The number of amides is 1. The van der Waals surface area contributed by atoms with Gasteiger partial charge in [-0.1, -0.05) is 32.0 Å². The van der Waals surface area contributed by atoms with Gasteiger partial charge >= 0.3 is 6.41 Å². The zero-order chi connectivity index (χ0) is 22.9. The first-order valence-electron chi connectivity index (χ1n) is 10.6. The van der Waals surface area contributed by atoms with Gasteiger partial charge in [-0.3, -0.25) is 9.67 Å². The summed E-state index contributed by atoms with van der Waals surface area (Å²) in [6, 6.07) is 10.9. The van der Waals surface area contributed by atoms with Gasteiger partial charge in [-0.2, -0.15) is 5.10 Å². The maximum absolute atomic E-state index is 12.2. The molecule has 2 heterocycles. The summed E-state index contributed by atoms with van der Waals surface area (Å²) in [6.07, 6.45) is 0.984. The molecule has 0 aliphatic carbocycles. The zero-order valence-electron chi connectivity index (χ0n) is 18.1. The highest BCUT2D eigenvalue weighted by atomic mass is 32.1. The lowest BCUT2D eigenvalue weighted by Crippen LogP contribution is -2.55. The number of morpholine rings is 1. The van der Waals surface area contributed by atoms with E-state index in [2.05, 4.69) is 10.2 Å². The van der Waals surface area contributed by atoms with E-state index in [1.165, 1.54) is 6.07 Å². The molecule has 1 amide bonds. The lowest BCUT2D eigenvalue weighted by Gasteiger charge is -2.35. The summed E-state index contributed by atoms with van der Waals surface area (Å²) in [7, 11) is 0. The highest BCUT2D eigenvalue weighted by molar-refractivity contribution is 7.71. The molecule has 8 nitrogen and oxygen atoms in total. The van der Waals surface area contributed by atoms with Crippen LogP contribution >= 0.6 is 12.2 Å². The number of aromatic hydroxyl groups is 2. The molecule has 1 fully saturated rings. The minimum atomic E-state index is -0.0833.